The van der Waals surface area contributed by atoms with Crippen molar-refractivity contribution in [3.8, 4) is 11.5 Å². The van der Waals surface area contributed by atoms with Crippen molar-refractivity contribution in [3.05, 3.63) is 58.3 Å². The third kappa shape index (κ3) is 3.09. The minimum atomic E-state index is -0.527. The normalized spacial score (nSPS) is 12.2. The van der Waals surface area contributed by atoms with Crippen LogP contribution in [-0.4, -0.2) is 5.11 Å². The molecular formula is C14H12BrFO2. The SMILES string of the molecule is C[C@@H](O)c1ccc(Oc2ccc(F)cc2)c(Br)c1. The van der Waals surface area contributed by atoms with E-state index in [4.69, 9.17) is 4.74 Å². The second kappa shape index (κ2) is 5.50. The molecule has 0 aliphatic carbocycles. The number of ether oxygens (including phenoxy) is 1. The van der Waals surface area contributed by atoms with Crippen molar-refractivity contribution in [2.75, 3.05) is 0 Å². The molecule has 2 aromatic carbocycles. The van der Waals surface area contributed by atoms with Gasteiger partial charge in [0.1, 0.15) is 17.3 Å². The van der Waals surface area contributed by atoms with Crippen LogP contribution < -0.4 is 4.74 Å². The quantitative estimate of drug-likeness (QED) is 0.908. The molecular weight excluding hydrogens is 299 g/mol. The van der Waals surface area contributed by atoms with Crippen LogP contribution in [0.15, 0.2) is 46.9 Å². The lowest BCUT2D eigenvalue weighted by atomic mass is 10.1. The van der Waals surface area contributed by atoms with E-state index in [0.717, 1.165) is 10.0 Å². The third-order valence-corrected chi connectivity index (χ3v) is 3.10. The Kier molecular flexibility index (Phi) is 3.99. The van der Waals surface area contributed by atoms with Crippen LogP contribution in [0.1, 0.15) is 18.6 Å². The van der Waals surface area contributed by atoms with Gasteiger partial charge in [0.2, 0.25) is 0 Å². The summed E-state index contributed by atoms with van der Waals surface area (Å²) in [6, 6.07) is 11.1. The van der Waals surface area contributed by atoms with Gasteiger partial charge in [0, 0.05) is 0 Å². The molecule has 0 spiro atoms. The summed E-state index contributed by atoms with van der Waals surface area (Å²) >= 11 is 3.38. The van der Waals surface area contributed by atoms with E-state index in [1.54, 1.807) is 37.3 Å². The van der Waals surface area contributed by atoms with Crippen LogP contribution in [0.25, 0.3) is 0 Å². The van der Waals surface area contributed by atoms with Crippen molar-refractivity contribution in [2.24, 2.45) is 0 Å². The molecule has 0 aromatic heterocycles. The van der Waals surface area contributed by atoms with Gasteiger partial charge >= 0.3 is 0 Å². The summed E-state index contributed by atoms with van der Waals surface area (Å²) in [4.78, 5) is 0. The molecule has 18 heavy (non-hydrogen) atoms. The first-order valence-electron chi connectivity index (χ1n) is 5.47. The molecule has 94 valence electrons. The molecule has 4 heteroatoms. The zero-order chi connectivity index (χ0) is 13.1. The van der Waals surface area contributed by atoms with E-state index in [1.807, 2.05) is 0 Å². The molecule has 0 radical (unpaired) electrons. The fourth-order valence-electron chi connectivity index (χ4n) is 1.49. The van der Waals surface area contributed by atoms with Gasteiger partial charge in [0.25, 0.3) is 0 Å². The van der Waals surface area contributed by atoms with Crippen LogP contribution in [0.4, 0.5) is 4.39 Å². The summed E-state index contributed by atoms with van der Waals surface area (Å²) < 4.78 is 19.1. The Hall–Kier alpha value is -1.39. The molecule has 1 atom stereocenters. The molecule has 0 aliphatic heterocycles. The molecule has 0 unspecified atom stereocenters. The topological polar surface area (TPSA) is 29.5 Å². The predicted octanol–water partition coefficient (Wildman–Crippen LogP) is 4.43. The second-order valence-corrected chi connectivity index (χ2v) is 4.78. The summed E-state index contributed by atoms with van der Waals surface area (Å²) in [7, 11) is 0. The predicted molar refractivity (Wildman–Crippen MR) is 71.2 cm³/mol. The monoisotopic (exact) mass is 310 g/mol. The van der Waals surface area contributed by atoms with Crippen molar-refractivity contribution in [1.82, 2.24) is 0 Å². The summed E-state index contributed by atoms with van der Waals surface area (Å²) in [5.74, 6) is 0.874. The van der Waals surface area contributed by atoms with Crippen molar-refractivity contribution in [1.29, 1.82) is 0 Å². The molecule has 2 aromatic rings. The number of aliphatic hydroxyl groups excluding tert-OH is 1. The Labute approximate surface area is 113 Å². The van der Waals surface area contributed by atoms with Crippen LogP contribution in [-0.2, 0) is 0 Å². The van der Waals surface area contributed by atoms with Crippen LogP contribution in [0, 0.1) is 5.82 Å². The molecule has 2 nitrogen and oxygen atoms in total. The van der Waals surface area contributed by atoms with Crippen LogP contribution in [0.5, 0.6) is 11.5 Å². The Balaban J connectivity index is 2.22. The molecule has 0 bridgehead atoms. The van der Waals surface area contributed by atoms with Gasteiger partial charge in [-0.2, -0.15) is 0 Å². The molecule has 0 fully saturated rings. The molecule has 0 heterocycles. The highest BCUT2D eigenvalue weighted by atomic mass is 79.9. The molecule has 0 amide bonds. The largest absolute Gasteiger partial charge is 0.456 e. The fourth-order valence-corrected chi connectivity index (χ4v) is 1.97. The Morgan fingerprint density at radius 1 is 1.17 bits per heavy atom. The maximum atomic E-state index is 12.8. The van der Waals surface area contributed by atoms with E-state index >= 15 is 0 Å². The highest BCUT2D eigenvalue weighted by Crippen LogP contribution is 2.31. The van der Waals surface area contributed by atoms with E-state index in [-0.39, 0.29) is 5.82 Å². The maximum Gasteiger partial charge on any atom is 0.141 e. The number of hydrogen-bond donors (Lipinski definition) is 1. The molecule has 0 saturated heterocycles. The number of rotatable bonds is 3. The Morgan fingerprint density at radius 3 is 2.39 bits per heavy atom. The molecule has 1 N–H and O–H groups in total. The first-order chi connectivity index (χ1) is 8.56. The second-order valence-electron chi connectivity index (χ2n) is 3.92. The van der Waals surface area contributed by atoms with Gasteiger partial charge in [-0.3, -0.25) is 0 Å². The summed E-state index contributed by atoms with van der Waals surface area (Å²) in [6.07, 6.45) is -0.527. The van der Waals surface area contributed by atoms with Gasteiger partial charge in [-0.1, -0.05) is 6.07 Å². The van der Waals surface area contributed by atoms with Gasteiger partial charge in [-0.15, -0.1) is 0 Å². The highest BCUT2D eigenvalue weighted by Gasteiger charge is 2.07. The smallest absolute Gasteiger partial charge is 0.141 e. The van der Waals surface area contributed by atoms with E-state index < -0.39 is 6.10 Å². The minimum Gasteiger partial charge on any atom is -0.456 e. The zero-order valence-corrected chi connectivity index (χ0v) is 11.3. The van der Waals surface area contributed by atoms with Crippen molar-refractivity contribution in [2.45, 2.75) is 13.0 Å². The van der Waals surface area contributed by atoms with Crippen molar-refractivity contribution < 1.29 is 14.2 Å². The van der Waals surface area contributed by atoms with E-state index in [1.165, 1.54) is 12.1 Å². The van der Waals surface area contributed by atoms with Crippen molar-refractivity contribution >= 4 is 15.9 Å². The molecule has 0 aliphatic rings. The Bertz CT molecular complexity index is 538. The number of hydrogen-bond acceptors (Lipinski definition) is 2. The van der Waals surface area contributed by atoms with Gasteiger partial charge < -0.3 is 9.84 Å². The summed E-state index contributed by atoms with van der Waals surface area (Å²) in [6.45, 7) is 1.70. The zero-order valence-electron chi connectivity index (χ0n) is 9.73. The third-order valence-electron chi connectivity index (χ3n) is 2.48. The lowest BCUT2D eigenvalue weighted by molar-refractivity contribution is 0.199. The number of benzene rings is 2. The van der Waals surface area contributed by atoms with Gasteiger partial charge in [-0.25, -0.2) is 4.39 Å². The average Bonchev–Trinajstić information content (AvgIpc) is 2.34. The van der Waals surface area contributed by atoms with E-state index in [9.17, 15) is 9.50 Å². The van der Waals surface area contributed by atoms with Gasteiger partial charge in [0.15, 0.2) is 0 Å². The maximum absolute atomic E-state index is 12.8. The standard InChI is InChI=1S/C14H12BrFO2/c1-9(17)10-2-7-14(13(15)8-10)18-12-5-3-11(16)4-6-12/h2-9,17H,1H3/t9-/m1/s1. The minimum absolute atomic E-state index is 0.300. The lowest BCUT2D eigenvalue weighted by Gasteiger charge is -2.10. The summed E-state index contributed by atoms with van der Waals surface area (Å²) in [5, 5.41) is 9.46. The van der Waals surface area contributed by atoms with Gasteiger partial charge in [-0.05, 0) is 64.8 Å². The Morgan fingerprint density at radius 2 is 1.83 bits per heavy atom. The molecule has 2 rings (SSSR count). The highest BCUT2D eigenvalue weighted by molar-refractivity contribution is 9.10. The molecule has 0 saturated carbocycles. The first kappa shape index (κ1) is 13.1. The summed E-state index contributed by atoms with van der Waals surface area (Å²) in [5.41, 5.74) is 0.799. The van der Waals surface area contributed by atoms with Gasteiger partial charge in [0.05, 0.1) is 10.6 Å². The number of aliphatic hydroxyl groups is 1. The van der Waals surface area contributed by atoms with Crippen molar-refractivity contribution in [3.63, 3.8) is 0 Å². The average molecular weight is 311 g/mol. The van der Waals surface area contributed by atoms with Crippen LogP contribution in [0.3, 0.4) is 0 Å². The fraction of sp³-hybridized carbons (Fsp3) is 0.143. The van der Waals surface area contributed by atoms with E-state index in [0.29, 0.717) is 11.5 Å². The van der Waals surface area contributed by atoms with E-state index in [2.05, 4.69) is 15.9 Å². The van der Waals surface area contributed by atoms with Crippen LogP contribution in [0.2, 0.25) is 0 Å². The van der Waals surface area contributed by atoms with Crippen LogP contribution >= 0.6 is 15.9 Å². The first-order valence-corrected chi connectivity index (χ1v) is 6.26. The number of halogens is 2. The lowest BCUT2D eigenvalue weighted by Crippen LogP contribution is -1.92.